The second kappa shape index (κ2) is 13.4. The topological polar surface area (TPSA) is 140 Å². The molecule has 0 spiro atoms. The number of esters is 2. The van der Waals surface area contributed by atoms with Gasteiger partial charge in [0, 0.05) is 47.8 Å². The van der Waals surface area contributed by atoms with Crippen molar-refractivity contribution in [2.75, 3.05) is 20.8 Å². The molecular weight excluding hydrogens is 608 g/mol. The van der Waals surface area contributed by atoms with Gasteiger partial charge < -0.3 is 24.2 Å². The molecule has 6 heterocycles. The first-order chi connectivity index (χ1) is 23.0. The average molecular weight is 651 g/mol. The van der Waals surface area contributed by atoms with E-state index in [1.165, 1.54) is 14.2 Å². The fraction of sp³-hybridized carbons (Fsp3) is 0.395. The van der Waals surface area contributed by atoms with Gasteiger partial charge in [-0.2, -0.15) is 0 Å². The Labute approximate surface area is 279 Å². The number of fused-ring (bicyclic) bond motifs is 8. The number of epoxide rings is 1. The molecule has 3 aliphatic rings. The number of rotatable bonds is 10. The van der Waals surface area contributed by atoms with Gasteiger partial charge in [0.1, 0.15) is 5.78 Å². The molecular formula is C38H42N4O6. The molecule has 0 radical (unpaired) electrons. The van der Waals surface area contributed by atoms with Crippen LogP contribution in [-0.4, -0.2) is 64.6 Å². The second-order valence-corrected chi connectivity index (χ2v) is 12.9. The van der Waals surface area contributed by atoms with E-state index in [0.29, 0.717) is 12.8 Å². The Hall–Kier alpha value is -4.83. The molecule has 0 aliphatic carbocycles. The van der Waals surface area contributed by atoms with Crippen LogP contribution in [0.25, 0.3) is 44.4 Å². The van der Waals surface area contributed by atoms with Gasteiger partial charge in [-0.05, 0) is 116 Å². The maximum absolute atomic E-state index is 12.4. The lowest BCUT2D eigenvalue weighted by Gasteiger charge is -2.03. The molecule has 10 nitrogen and oxygen atoms in total. The minimum absolute atomic E-state index is 0.0594. The van der Waals surface area contributed by atoms with Crippen LogP contribution in [0.3, 0.4) is 0 Å². The van der Waals surface area contributed by atoms with E-state index in [2.05, 4.69) is 35.9 Å². The van der Waals surface area contributed by atoms with Crippen molar-refractivity contribution in [3.63, 3.8) is 0 Å². The third-order valence-corrected chi connectivity index (χ3v) is 9.67. The molecule has 1 fully saturated rings. The van der Waals surface area contributed by atoms with Crippen LogP contribution >= 0.6 is 0 Å². The summed E-state index contributed by atoms with van der Waals surface area (Å²) in [7, 11) is 2.79. The van der Waals surface area contributed by atoms with Crippen molar-refractivity contribution in [3.8, 4) is 0 Å². The highest BCUT2D eigenvalue weighted by atomic mass is 16.6. The van der Waals surface area contributed by atoms with Crippen LogP contribution in [0.2, 0.25) is 0 Å². The van der Waals surface area contributed by atoms with E-state index < -0.39 is 0 Å². The van der Waals surface area contributed by atoms with Gasteiger partial charge in [0.2, 0.25) is 0 Å². The largest absolute Gasteiger partial charge is 0.469 e. The highest BCUT2D eigenvalue weighted by Gasteiger charge is 2.29. The molecule has 2 N–H and O–H groups in total. The van der Waals surface area contributed by atoms with Crippen LogP contribution in [0.1, 0.15) is 91.5 Å². The summed E-state index contributed by atoms with van der Waals surface area (Å²) in [5, 5.41) is 0. The highest BCUT2D eigenvalue weighted by Crippen LogP contribution is 2.39. The Morgan fingerprint density at radius 1 is 0.729 bits per heavy atom. The van der Waals surface area contributed by atoms with Gasteiger partial charge in [-0.3, -0.25) is 14.4 Å². The Morgan fingerprint density at radius 2 is 1.21 bits per heavy atom. The number of ether oxygens (including phenoxy) is 3. The van der Waals surface area contributed by atoms with Gasteiger partial charge in [0.05, 0.1) is 49.7 Å². The summed E-state index contributed by atoms with van der Waals surface area (Å²) in [5.41, 5.74) is 14.6. The zero-order valence-corrected chi connectivity index (χ0v) is 28.7. The fourth-order valence-electron chi connectivity index (χ4n) is 6.66. The van der Waals surface area contributed by atoms with E-state index in [9.17, 15) is 14.4 Å². The Kier molecular flexibility index (Phi) is 9.20. The Bertz CT molecular complexity index is 2080. The fourth-order valence-corrected chi connectivity index (χ4v) is 6.66. The average Bonchev–Trinajstić information content (AvgIpc) is 3.61. The lowest BCUT2D eigenvalue weighted by molar-refractivity contribution is -0.141. The Balaban J connectivity index is 1.70. The number of carbonyl (C=O) groups excluding carboxylic acids is 3. The van der Waals surface area contributed by atoms with Crippen molar-refractivity contribution in [1.82, 2.24) is 19.9 Å². The van der Waals surface area contributed by atoms with E-state index in [-0.39, 0.29) is 43.1 Å². The van der Waals surface area contributed by atoms with Crippen molar-refractivity contribution in [3.05, 3.63) is 69.3 Å². The minimum Gasteiger partial charge on any atom is -0.469 e. The normalized spacial score (nSPS) is 15.6. The molecule has 8 bridgehead atoms. The lowest BCUT2D eigenvalue weighted by atomic mass is 9.98. The maximum Gasteiger partial charge on any atom is 0.305 e. The van der Waals surface area contributed by atoms with Crippen LogP contribution in [0.5, 0.6) is 0 Å². The first-order valence-corrected chi connectivity index (χ1v) is 16.4. The van der Waals surface area contributed by atoms with E-state index in [1.807, 2.05) is 26.0 Å². The van der Waals surface area contributed by atoms with Crippen LogP contribution in [0.15, 0.2) is 24.3 Å². The van der Waals surface area contributed by atoms with E-state index >= 15 is 0 Å². The number of H-pyrrole nitrogens is 2. The summed E-state index contributed by atoms with van der Waals surface area (Å²) < 4.78 is 15.6. The molecule has 250 valence electrons. The first-order valence-electron chi connectivity index (χ1n) is 16.4. The number of ketones is 1. The molecule has 0 aromatic carbocycles. The van der Waals surface area contributed by atoms with E-state index in [0.717, 1.165) is 102 Å². The molecule has 1 unspecified atom stereocenters. The van der Waals surface area contributed by atoms with Crippen molar-refractivity contribution in [2.45, 2.75) is 79.2 Å². The van der Waals surface area contributed by atoms with E-state index in [1.54, 1.807) is 6.92 Å². The van der Waals surface area contributed by atoms with Gasteiger partial charge in [0.15, 0.2) is 0 Å². The minimum atomic E-state index is -0.288. The number of nitrogens with zero attached hydrogens (tertiary/aromatic N) is 2. The predicted molar refractivity (Wildman–Crippen MR) is 186 cm³/mol. The second-order valence-electron chi connectivity index (χ2n) is 12.9. The molecule has 48 heavy (non-hydrogen) atoms. The number of aryl methyl sites for hydroxylation is 4. The molecule has 3 aliphatic heterocycles. The molecule has 6 rings (SSSR count). The quantitative estimate of drug-likeness (QED) is 0.181. The lowest BCUT2D eigenvalue weighted by Crippen LogP contribution is -2.02. The maximum atomic E-state index is 12.4. The number of allylic oxidation sites excluding steroid dienone is 3. The number of hydrogen-bond donors (Lipinski definition) is 2. The standard InChI is InChI=1S/C38H42N4O6/c1-19(43)12-27-22(4)30-14-29-20(2)25(8-10-37(44)46-6)33(39-29)17-34-26(9-11-38(45)47-7)21(3)31(40-34)15-36-28(13-24-18-48-24)23(5)32(42-36)16-35(27)41-30/h14-17,24,39-40H,8-13,18H2,1-7H3. The molecule has 1 atom stereocenters. The number of carbonyl (C=O) groups is 3. The third-order valence-electron chi connectivity index (χ3n) is 9.67. The van der Waals surface area contributed by atoms with Crippen molar-refractivity contribution < 1.29 is 28.6 Å². The smallest absolute Gasteiger partial charge is 0.305 e. The van der Waals surface area contributed by atoms with Gasteiger partial charge in [-0.25, -0.2) is 9.97 Å². The molecule has 3 aromatic rings. The summed E-state index contributed by atoms with van der Waals surface area (Å²) in [4.78, 5) is 54.3. The third kappa shape index (κ3) is 6.62. The summed E-state index contributed by atoms with van der Waals surface area (Å²) >= 11 is 0. The van der Waals surface area contributed by atoms with Crippen molar-refractivity contribution >= 4 is 62.1 Å². The molecule has 0 saturated carbocycles. The number of methoxy groups -OCH3 is 2. The molecule has 1 saturated heterocycles. The van der Waals surface area contributed by atoms with Crippen LogP contribution < -0.4 is 0 Å². The van der Waals surface area contributed by atoms with Gasteiger partial charge in [-0.1, -0.05) is 0 Å². The number of hydrogen-bond acceptors (Lipinski definition) is 8. The van der Waals surface area contributed by atoms with Crippen LogP contribution in [0.4, 0.5) is 0 Å². The number of Topliss-reactive ketones (excluding diaryl/α,β-unsaturated/α-hetero) is 1. The predicted octanol–water partition coefficient (Wildman–Crippen LogP) is 6.77. The summed E-state index contributed by atoms with van der Waals surface area (Å²) in [6, 6.07) is 8.14. The first kappa shape index (κ1) is 33.1. The molecule has 0 amide bonds. The SMILES string of the molecule is COC(=O)CCc1c(C)c2cc3nc(cc4nc(cc5[nH]c(cc1[nH]2)c(CCC(=O)OC)c5C)C(CC1CO1)=C4C)C(CC(C)=O)=C3C. The van der Waals surface area contributed by atoms with Gasteiger partial charge >= 0.3 is 11.9 Å². The number of nitrogens with one attached hydrogen (secondary N) is 2. The monoisotopic (exact) mass is 650 g/mol. The molecule has 3 aromatic heterocycles. The zero-order chi connectivity index (χ0) is 34.3. The van der Waals surface area contributed by atoms with Gasteiger partial charge in [0.25, 0.3) is 0 Å². The van der Waals surface area contributed by atoms with Gasteiger partial charge in [-0.15, -0.1) is 0 Å². The highest BCUT2D eigenvalue weighted by molar-refractivity contribution is 6.01. The zero-order valence-electron chi connectivity index (χ0n) is 28.7. The van der Waals surface area contributed by atoms with Crippen molar-refractivity contribution in [2.24, 2.45) is 0 Å². The van der Waals surface area contributed by atoms with Crippen molar-refractivity contribution in [1.29, 1.82) is 0 Å². The van der Waals surface area contributed by atoms with Crippen LogP contribution in [0, 0.1) is 13.8 Å². The number of aromatic amines is 2. The number of aromatic nitrogens is 4. The van der Waals surface area contributed by atoms with E-state index in [4.69, 9.17) is 24.2 Å². The summed E-state index contributed by atoms with van der Waals surface area (Å²) in [6.45, 7) is 10.5. The molecule has 10 heteroatoms. The summed E-state index contributed by atoms with van der Waals surface area (Å²) in [6.07, 6.45) is 2.58. The van der Waals surface area contributed by atoms with Crippen LogP contribution in [-0.2, 0) is 41.4 Å². The Morgan fingerprint density at radius 3 is 1.71 bits per heavy atom. The summed E-state index contributed by atoms with van der Waals surface area (Å²) in [5.74, 6) is -0.509.